The Labute approximate surface area is 69.7 Å². The van der Waals surface area contributed by atoms with Gasteiger partial charge in [0.25, 0.3) is 5.89 Å². The molecule has 0 amide bonds. The van der Waals surface area contributed by atoms with Gasteiger partial charge in [0.2, 0.25) is 12.1 Å². The van der Waals surface area contributed by atoms with Crippen LogP contribution in [0.15, 0.2) is 4.52 Å². The quantitative estimate of drug-likeness (QED) is 0.630. The van der Waals surface area contributed by atoms with Gasteiger partial charge in [0.1, 0.15) is 6.10 Å². The van der Waals surface area contributed by atoms with Crippen molar-refractivity contribution in [2.24, 2.45) is 0 Å². The second-order valence-corrected chi connectivity index (χ2v) is 2.21. The van der Waals surface area contributed by atoms with Crippen molar-refractivity contribution < 1.29 is 14.1 Å². The van der Waals surface area contributed by atoms with E-state index in [0.717, 1.165) is 0 Å². The number of nitrogens with zero attached hydrogens (tertiary/aromatic N) is 2. The summed E-state index contributed by atoms with van der Waals surface area (Å²) in [6, 6.07) is 0. The van der Waals surface area contributed by atoms with E-state index < -0.39 is 0 Å². The van der Waals surface area contributed by atoms with Crippen LogP contribution in [-0.4, -0.2) is 23.0 Å². The van der Waals surface area contributed by atoms with Crippen LogP contribution in [0, 0.1) is 0 Å². The third-order valence-corrected chi connectivity index (χ3v) is 1.34. The van der Waals surface area contributed by atoms with Crippen LogP contribution in [0.4, 0.5) is 0 Å². The predicted octanol–water partition coefficient (Wildman–Crippen LogP) is 0.980. The molecule has 1 aromatic rings. The van der Waals surface area contributed by atoms with E-state index >= 15 is 0 Å². The Morgan fingerprint density at radius 2 is 2.50 bits per heavy atom. The minimum atomic E-state index is -0.229. The summed E-state index contributed by atoms with van der Waals surface area (Å²) in [5.74, 6) is 0.385. The zero-order valence-electron chi connectivity index (χ0n) is 6.98. The first-order valence-electron chi connectivity index (χ1n) is 3.68. The average molecular weight is 170 g/mol. The van der Waals surface area contributed by atoms with Gasteiger partial charge in [-0.25, -0.2) is 0 Å². The van der Waals surface area contributed by atoms with Gasteiger partial charge in [-0.2, -0.15) is 4.98 Å². The van der Waals surface area contributed by atoms with E-state index in [1.54, 1.807) is 6.92 Å². The molecule has 0 saturated heterocycles. The Morgan fingerprint density at radius 1 is 1.75 bits per heavy atom. The second kappa shape index (κ2) is 3.96. The minimum Gasteiger partial charge on any atom is -0.371 e. The summed E-state index contributed by atoms with van der Waals surface area (Å²) >= 11 is 0. The van der Waals surface area contributed by atoms with E-state index in [2.05, 4.69) is 14.7 Å². The van der Waals surface area contributed by atoms with Crippen LogP contribution < -0.4 is 0 Å². The molecular formula is C7H10N2O3. The third kappa shape index (κ3) is 1.88. The summed E-state index contributed by atoms with van der Waals surface area (Å²) in [5.41, 5.74) is 0. The minimum absolute atomic E-state index is 0.0171. The number of carbonyl (C=O) groups is 1. The maximum absolute atomic E-state index is 10.2. The van der Waals surface area contributed by atoms with Crippen molar-refractivity contribution in [2.75, 3.05) is 6.61 Å². The zero-order valence-corrected chi connectivity index (χ0v) is 6.98. The van der Waals surface area contributed by atoms with Crippen molar-refractivity contribution in [3.8, 4) is 0 Å². The van der Waals surface area contributed by atoms with E-state index in [9.17, 15) is 4.79 Å². The highest BCUT2D eigenvalue weighted by Gasteiger charge is 2.12. The molecule has 5 nitrogen and oxygen atoms in total. The average Bonchev–Trinajstić information content (AvgIpc) is 2.52. The van der Waals surface area contributed by atoms with E-state index in [-0.39, 0.29) is 12.0 Å². The molecule has 1 heterocycles. The molecule has 0 saturated carbocycles. The maximum Gasteiger partial charge on any atom is 0.290 e. The van der Waals surface area contributed by atoms with Crippen LogP contribution in [0.1, 0.15) is 36.5 Å². The highest BCUT2D eigenvalue weighted by atomic mass is 16.5. The smallest absolute Gasteiger partial charge is 0.290 e. The normalized spacial score (nSPS) is 12.8. The summed E-state index contributed by atoms with van der Waals surface area (Å²) in [5, 5.41) is 3.56. The van der Waals surface area contributed by atoms with E-state index in [0.29, 0.717) is 18.7 Å². The van der Waals surface area contributed by atoms with Crippen LogP contribution in [0.2, 0.25) is 0 Å². The van der Waals surface area contributed by atoms with Crippen molar-refractivity contribution in [1.29, 1.82) is 0 Å². The molecular weight excluding hydrogens is 160 g/mol. The highest BCUT2D eigenvalue weighted by Crippen LogP contribution is 2.11. The number of hydrogen-bond donors (Lipinski definition) is 0. The largest absolute Gasteiger partial charge is 0.371 e. The standard InChI is InChI=1S/C7H10N2O3/c1-3-11-5(2)7-8-6(4-10)12-9-7/h4-5H,3H2,1-2H3. The van der Waals surface area contributed by atoms with Gasteiger partial charge in [-0.3, -0.25) is 4.79 Å². The Kier molecular flexibility index (Phi) is 2.93. The Hall–Kier alpha value is -1.23. The number of hydrogen-bond acceptors (Lipinski definition) is 5. The molecule has 66 valence electrons. The van der Waals surface area contributed by atoms with Gasteiger partial charge in [0.05, 0.1) is 0 Å². The van der Waals surface area contributed by atoms with Crippen LogP contribution in [0.25, 0.3) is 0 Å². The third-order valence-electron chi connectivity index (χ3n) is 1.34. The van der Waals surface area contributed by atoms with Crippen molar-refractivity contribution >= 4 is 6.29 Å². The molecule has 0 bridgehead atoms. The fourth-order valence-corrected chi connectivity index (χ4v) is 0.785. The Bertz CT molecular complexity index is 259. The van der Waals surface area contributed by atoms with Crippen LogP contribution in [-0.2, 0) is 4.74 Å². The number of aldehydes is 1. The molecule has 0 aliphatic rings. The van der Waals surface area contributed by atoms with Gasteiger partial charge in [-0.05, 0) is 13.8 Å². The van der Waals surface area contributed by atoms with Crippen molar-refractivity contribution in [2.45, 2.75) is 20.0 Å². The first-order chi connectivity index (χ1) is 5.77. The lowest BCUT2D eigenvalue weighted by molar-refractivity contribution is 0.0683. The molecule has 1 aromatic heterocycles. The Morgan fingerprint density at radius 3 is 3.00 bits per heavy atom. The van der Waals surface area contributed by atoms with Gasteiger partial charge in [-0.15, -0.1) is 0 Å². The molecule has 0 aliphatic carbocycles. The summed E-state index contributed by atoms with van der Waals surface area (Å²) in [6.07, 6.45) is 0.280. The molecule has 0 aromatic carbocycles. The van der Waals surface area contributed by atoms with E-state index in [1.807, 2.05) is 6.92 Å². The summed E-state index contributed by atoms with van der Waals surface area (Å²) in [7, 11) is 0. The lowest BCUT2D eigenvalue weighted by atomic mass is 10.4. The SMILES string of the molecule is CCOC(C)c1noc(C=O)n1. The predicted molar refractivity (Wildman–Crippen MR) is 39.7 cm³/mol. The van der Waals surface area contributed by atoms with Gasteiger partial charge in [-0.1, -0.05) is 5.16 Å². The lowest BCUT2D eigenvalue weighted by Gasteiger charge is -2.04. The summed E-state index contributed by atoms with van der Waals surface area (Å²) < 4.78 is 9.76. The first-order valence-corrected chi connectivity index (χ1v) is 3.68. The summed E-state index contributed by atoms with van der Waals surface area (Å²) in [6.45, 7) is 4.24. The van der Waals surface area contributed by atoms with Gasteiger partial charge < -0.3 is 9.26 Å². The van der Waals surface area contributed by atoms with Gasteiger partial charge in [0.15, 0.2) is 0 Å². The second-order valence-electron chi connectivity index (χ2n) is 2.21. The van der Waals surface area contributed by atoms with Crippen LogP contribution in [0.3, 0.4) is 0 Å². The molecule has 1 atom stereocenters. The molecule has 0 fully saturated rings. The number of rotatable bonds is 4. The molecule has 0 spiro atoms. The number of aromatic nitrogens is 2. The van der Waals surface area contributed by atoms with Crippen molar-refractivity contribution in [1.82, 2.24) is 10.1 Å². The zero-order chi connectivity index (χ0) is 8.97. The first kappa shape index (κ1) is 8.86. The van der Waals surface area contributed by atoms with Crippen LogP contribution in [0.5, 0.6) is 0 Å². The van der Waals surface area contributed by atoms with Gasteiger partial charge >= 0.3 is 0 Å². The monoisotopic (exact) mass is 170 g/mol. The molecule has 0 aliphatic heterocycles. The topological polar surface area (TPSA) is 65.2 Å². The van der Waals surface area contributed by atoms with Crippen molar-refractivity contribution in [3.63, 3.8) is 0 Å². The molecule has 1 unspecified atom stereocenters. The van der Waals surface area contributed by atoms with Gasteiger partial charge in [0, 0.05) is 6.61 Å². The highest BCUT2D eigenvalue weighted by molar-refractivity contribution is 5.66. The van der Waals surface area contributed by atoms with Crippen molar-refractivity contribution in [3.05, 3.63) is 11.7 Å². The molecule has 1 rings (SSSR count). The maximum atomic E-state index is 10.2. The lowest BCUT2D eigenvalue weighted by Crippen LogP contribution is -2.01. The Balaban J connectivity index is 2.67. The number of carbonyl (C=O) groups excluding carboxylic acids is 1. The van der Waals surface area contributed by atoms with Crippen LogP contribution >= 0.6 is 0 Å². The fraction of sp³-hybridized carbons (Fsp3) is 0.571. The van der Waals surface area contributed by atoms with E-state index in [1.165, 1.54) is 0 Å². The fourth-order valence-electron chi connectivity index (χ4n) is 0.785. The molecule has 5 heteroatoms. The molecule has 0 N–H and O–H groups in total. The number of ether oxygens (including phenoxy) is 1. The summed E-state index contributed by atoms with van der Waals surface area (Å²) in [4.78, 5) is 13.9. The van der Waals surface area contributed by atoms with E-state index in [4.69, 9.17) is 4.74 Å². The molecule has 12 heavy (non-hydrogen) atoms. The molecule has 0 radical (unpaired) electrons.